The number of nitrogens with zero attached hydrogens (tertiary/aromatic N) is 3. The summed E-state index contributed by atoms with van der Waals surface area (Å²) in [7, 11) is 0. The number of hydrogen-bond donors (Lipinski definition) is 1. The van der Waals surface area contributed by atoms with E-state index in [1.165, 1.54) is 44.5 Å². The van der Waals surface area contributed by atoms with Gasteiger partial charge in [0.1, 0.15) is 0 Å². The Morgan fingerprint density at radius 1 is 0.514 bits per heavy atom. The van der Waals surface area contributed by atoms with E-state index in [1.54, 1.807) is 0 Å². The van der Waals surface area contributed by atoms with Crippen LogP contribution in [0, 0.1) is 0 Å². The van der Waals surface area contributed by atoms with Crippen molar-refractivity contribution in [1.29, 1.82) is 0 Å². The molecule has 0 amide bonds. The molecule has 2 unspecified atom stereocenters. The molecule has 0 bridgehead atoms. The zero-order valence-corrected chi connectivity index (χ0v) is 19.7. The largest absolute Gasteiger partial charge is 0.368 e. The van der Waals surface area contributed by atoms with Gasteiger partial charge in [0.2, 0.25) is 5.95 Å². The fourth-order valence-corrected chi connectivity index (χ4v) is 5.84. The summed E-state index contributed by atoms with van der Waals surface area (Å²) in [5.41, 5.74) is 18.6. The average Bonchev–Trinajstić information content (AvgIpc) is 3.35. The molecule has 7 rings (SSSR count). The number of nitrogen functional groups attached to an aromatic ring is 1. The van der Waals surface area contributed by atoms with Crippen molar-refractivity contribution >= 4 is 5.95 Å². The van der Waals surface area contributed by atoms with Gasteiger partial charge in [-0.2, -0.15) is 9.97 Å². The summed E-state index contributed by atoms with van der Waals surface area (Å²) in [4.78, 5) is 13.9. The van der Waals surface area contributed by atoms with Gasteiger partial charge < -0.3 is 5.73 Å². The second-order valence-corrected chi connectivity index (χ2v) is 9.56. The maximum absolute atomic E-state index is 6.19. The standard InChI is InChI=1S/C31H24N4/c1-17-21-7-3-5-9-23(21)25-13-11-19(15-27(17)25)29-33-30(35-31(32)34-29)20-12-14-26-24-10-6-4-8-22(24)18(2)28(26)16-20/h3-18H,1-2H3,(H2,32,33,34,35). The molecule has 4 aromatic carbocycles. The number of anilines is 1. The van der Waals surface area contributed by atoms with Crippen LogP contribution in [0.4, 0.5) is 5.95 Å². The monoisotopic (exact) mass is 452 g/mol. The van der Waals surface area contributed by atoms with Crippen LogP contribution in [0.15, 0.2) is 84.9 Å². The summed E-state index contributed by atoms with van der Waals surface area (Å²) in [6.07, 6.45) is 0. The number of aromatic nitrogens is 3. The lowest BCUT2D eigenvalue weighted by Crippen LogP contribution is -2.03. The first kappa shape index (κ1) is 20.1. The van der Waals surface area contributed by atoms with Crippen molar-refractivity contribution in [3.05, 3.63) is 107 Å². The number of fused-ring (bicyclic) bond motifs is 6. The summed E-state index contributed by atoms with van der Waals surface area (Å²) in [5, 5.41) is 0. The predicted octanol–water partition coefficient (Wildman–Crippen LogP) is 7.05. The average molecular weight is 453 g/mol. The molecular weight excluding hydrogens is 428 g/mol. The second-order valence-electron chi connectivity index (χ2n) is 9.56. The molecule has 0 spiro atoms. The third kappa shape index (κ3) is 2.96. The van der Waals surface area contributed by atoms with E-state index in [2.05, 4.69) is 109 Å². The van der Waals surface area contributed by atoms with Gasteiger partial charge in [0.25, 0.3) is 0 Å². The summed E-state index contributed by atoms with van der Waals surface area (Å²) < 4.78 is 0. The van der Waals surface area contributed by atoms with E-state index in [-0.39, 0.29) is 5.95 Å². The number of benzene rings is 4. The molecule has 2 N–H and O–H groups in total. The highest BCUT2D eigenvalue weighted by molar-refractivity contribution is 5.82. The lowest BCUT2D eigenvalue weighted by Gasteiger charge is -2.11. The van der Waals surface area contributed by atoms with Gasteiger partial charge in [0, 0.05) is 23.0 Å². The Kier molecular flexibility index (Phi) is 4.22. The van der Waals surface area contributed by atoms with Crippen LogP contribution >= 0.6 is 0 Å². The molecule has 2 aliphatic rings. The third-order valence-corrected chi connectivity index (χ3v) is 7.64. The second kappa shape index (κ2) is 7.34. The summed E-state index contributed by atoms with van der Waals surface area (Å²) in [6, 6.07) is 30.2. The van der Waals surface area contributed by atoms with Gasteiger partial charge in [-0.05, 0) is 56.6 Å². The number of hydrogen-bond acceptors (Lipinski definition) is 4. The van der Waals surface area contributed by atoms with Gasteiger partial charge >= 0.3 is 0 Å². The minimum absolute atomic E-state index is 0.235. The van der Waals surface area contributed by atoms with Crippen LogP contribution in [0.5, 0.6) is 0 Å². The minimum atomic E-state index is 0.235. The maximum atomic E-state index is 6.19. The third-order valence-electron chi connectivity index (χ3n) is 7.64. The van der Waals surface area contributed by atoms with Gasteiger partial charge in [0.15, 0.2) is 11.6 Å². The molecule has 0 aliphatic heterocycles. The predicted molar refractivity (Wildman–Crippen MR) is 141 cm³/mol. The van der Waals surface area contributed by atoms with E-state index in [9.17, 15) is 0 Å². The first-order valence-electron chi connectivity index (χ1n) is 12.1. The lowest BCUT2D eigenvalue weighted by molar-refractivity contribution is 0.954. The summed E-state index contributed by atoms with van der Waals surface area (Å²) in [5.74, 6) is 2.11. The molecule has 0 saturated heterocycles. The molecule has 0 saturated carbocycles. The topological polar surface area (TPSA) is 64.7 Å². The zero-order chi connectivity index (χ0) is 23.7. The summed E-state index contributed by atoms with van der Waals surface area (Å²) >= 11 is 0. The Labute approximate surface area is 204 Å². The van der Waals surface area contributed by atoms with Gasteiger partial charge in [-0.15, -0.1) is 0 Å². The van der Waals surface area contributed by atoms with E-state index in [4.69, 9.17) is 10.7 Å². The van der Waals surface area contributed by atoms with Crippen molar-refractivity contribution in [1.82, 2.24) is 15.0 Å². The van der Waals surface area contributed by atoms with Crippen LogP contribution < -0.4 is 5.73 Å². The van der Waals surface area contributed by atoms with E-state index in [0.717, 1.165) is 11.1 Å². The minimum Gasteiger partial charge on any atom is -0.368 e. The molecule has 168 valence electrons. The lowest BCUT2D eigenvalue weighted by atomic mass is 9.97. The molecule has 2 aliphatic carbocycles. The molecule has 1 heterocycles. The Morgan fingerprint density at radius 2 is 0.943 bits per heavy atom. The van der Waals surface area contributed by atoms with Crippen LogP contribution in [0.25, 0.3) is 45.0 Å². The molecule has 5 aromatic rings. The molecule has 2 atom stereocenters. The highest BCUT2D eigenvalue weighted by Gasteiger charge is 2.27. The first-order valence-corrected chi connectivity index (χ1v) is 12.1. The van der Waals surface area contributed by atoms with Crippen LogP contribution in [0.2, 0.25) is 0 Å². The van der Waals surface area contributed by atoms with Crippen molar-refractivity contribution in [3.63, 3.8) is 0 Å². The maximum Gasteiger partial charge on any atom is 0.224 e. The van der Waals surface area contributed by atoms with Crippen LogP contribution in [-0.2, 0) is 0 Å². The van der Waals surface area contributed by atoms with Gasteiger partial charge in [-0.3, -0.25) is 0 Å². The molecule has 35 heavy (non-hydrogen) atoms. The smallest absolute Gasteiger partial charge is 0.224 e. The fourth-order valence-electron chi connectivity index (χ4n) is 5.84. The number of nitrogens with two attached hydrogens (primary N) is 1. The van der Waals surface area contributed by atoms with Crippen LogP contribution in [-0.4, -0.2) is 15.0 Å². The van der Waals surface area contributed by atoms with E-state index >= 15 is 0 Å². The fraction of sp³-hybridized carbons (Fsp3) is 0.129. The molecule has 0 radical (unpaired) electrons. The summed E-state index contributed by atoms with van der Waals surface area (Å²) in [6.45, 7) is 4.51. The molecule has 1 aromatic heterocycles. The SMILES string of the molecule is CC1c2ccccc2-c2ccc(-c3nc(N)nc(-c4ccc5c(c4)C(C)c4ccccc4-5)n3)cc21. The van der Waals surface area contributed by atoms with Crippen molar-refractivity contribution in [3.8, 4) is 45.0 Å². The van der Waals surface area contributed by atoms with Crippen molar-refractivity contribution < 1.29 is 0 Å². The van der Waals surface area contributed by atoms with Gasteiger partial charge in [0.05, 0.1) is 0 Å². The van der Waals surface area contributed by atoms with Crippen molar-refractivity contribution in [2.45, 2.75) is 25.7 Å². The van der Waals surface area contributed by atoms with E-state index < -0.39 is 0 Å². The molecular formula is C31H24N4. The van der Waals surface area contributed by atoms with Gasteiger partial charge in [-0.1, -0.05) is 86.6 Å². The molecule has 0 fully saturated rings. The van der Waals surface area contributed by atoms with Crippen molar-refractivity contribution in [2.75, 3.05) is 5.73 Å². The van der Waals surface area contributed by atoms with Crippen molar-refractivity contribution in [2.24, 2.45) is 0 Å². The van der Waals surface area contributed by atoms with Crippen LogP contribution in [0.1, 0.15) is 47.9 Å². The first-order chi connectivity index (χ1) is 17.1. The molecule has 4 nitrogen and oxygen atoms in total. The van der Waals surface area contributed by atoms with E-state index in [1.807, 2.05) is 0 Å². The van der Waals surface area contributed by atoms with Gasteiger partial charge in [-0.25, -0.2) is 4.98 Å². The Balaban J connectivity index is 1.30. The Hall–Kier alpha value is -4.31. The highest BCUT2D eigenvalue weighted by Crippen LogP contribution is 2.47. The zero-order valence-electron chi connectivity index (χ0n) is 19.7. The normalized spacial score (nSPS) is 17.0. The number of rotatable bonds is 2. The van der Waals surface area contributed by atoms with E-state index in [0.29, 0.717) is 23.5 Å². The highest BCUT2D eigenvalue weighted by atomic mass is 15.1. The van der Waals surface area contributed by atoms with Crippen LogP contribution in [0.3, 0.4) is 0 Å². The quantitative estimate of drug-likeness (QED) is 0.312. The molecule has 4 heteroatoms. The Bertz CT molecular complexity index is 1530. The Morgan fingerprint density at radius 3 is 1.43 bits per heavy atom.